The number of hydrogen-bond acceptors (Lipinski definition) is 2. The fourth-order valence-electron chi connectivity index (χ4n) is 9.68. The average Bonchev–Trinajstić information content (AvgIpc) is 3.54. The first-order valence-corrected chi connectivity index (χ1v) is 21.2. The summed E-state index contributed by atoms with van der Waals surface area (Å²) in [7, 11) is 0. The molecule has 11 rings (SSSR count). The molecule has 1 aliphatic carbocycles. The first-order chi connectivity index (χ1) is 30.0. The number of nitrogens with zero attached hydrogens (tertiary/aromatic N) is 2. The Morgan fingerprint density at radius 3 is 1.52 bits per heavy atom. The summed E-state index contributed by atoms with van der Waals surface area (Å²) in [6.07, 6.45) is 0. The molecule has 0 saturated carbocycles. The summed E-state index contributed by atoms with van der Waals surface area (Å²) in [6.45, 7) is 4.73. The summed E-state index contributed by atoms with van der Waals surface area (Å²) in [5.74, 6) is 0. The highest BCUT2D eigenvalue weighted by Gasteiger charge is 2.35. The van der Waals surface area contributed by atoms with E-state index in [0.717, 1.165) is 39.7 Å². The molecule has 2 nitrogen and oxygen atoms in total. The lowest BCUT2D eigenvalue weighted by molar-refractivity contribution is 0.661. The van der Waals surface area contributed by atoms with Gasteiger partial charge in [-0.1, -0.05) is 172 Å². The number of anilines is 6. The summed E-state index contributed by atoms with van der Waals surface area (Å²) >= 11 is 0. The predicted molar refractivity (Wildman–Crippen MR) is 259 cm³/mol. The summed E-state index contributed by atoms with van der Waals surface area (Å²) in [5.41, 5.74) is 16.7. The number of rotatable bonds is 8. The molecule has 0 bridgehead atoms. The lowest BCUT2D eigenvalue weighted by Crippen LogP contribution is -2.14. The fraction of sp³-hybridized carbons (Fsp3) is 0.0508. The molecule has 290 valence electrons. The molecule has 10 aromatic rings. The van der Waals surface area contributed by atoms with E-state index < -0.39 is 0 Å². The van der Waals surface area contributed by atoms with Crippen LogP contribution in [-0.4, -0.2) is 0 Å². The van der Waals surface area contributed by atoms with Gasteiger partial charge in [-0.15, -0.1) is 0 Å². The minimum absolute atomic E-state index is 0.0910. The zero-order chi connectivity index (χ0) is 40.9. The van der Waals surface area contributed by atoms with Gasteiger partial charge < -0.3 is 9.80 Å². The monoisotopic (exact) mass is 780 g/mol. The minimum Gasteiger partial charge on any atom is -0.310 e. The fourth-order valence-corrected chi connectivity index (χ4v) is 9.68. The quantitative estimate of drug-likeness (QED) is 0.142. The van der Waals surface area contributed by atoms with Crippen molar-refractivity contribution in [3.8, 4) is 33.4 Å². The first-order valence-electron chi connectivity index (χ1n) is 21.2. The van der Waals surface area contributed by atoms with Crippen molar-refractivity contribution in [3.63, 3.8) is 0 Å². The van der Waals surface area contributed by atoms with E-state index >= 15 is 0 Å². The topological polar surface area (TPSA) is 6.48 Å². The van der Waals surface area contributed by atoms with Crippen LogP contribution in [0.15, 0.2) is 231 Å². The van der Waals surface area contributed by atoms with Gasteiger partial charge in [0.25, 0.3) is 0 Å². The predicted octanol–water partition coefficient (Wildman–Crippen LogP) is 16.6. The summed E-state index contributed by atoms with van der Waals surface area (Å²) in [6, 6.07) is 84.0. The molecule has 0 N–H and O–H groups in total. The molecule has 0 atom stereocenters. The highest BCUT2D eigenvalue weighted by molar-refractivity contribution is 6.14. The van der Waals surface area contributed by atoms with Gasteiger partial charge in [-0.3, -0.25) is 0 Å². The largest absolute Gasteiger partial charge is 0.310 e. The average molecular weight is 781 g/mol. The number of fused-ring (bicyclic) bond motifs is 6. The highest BCUT2D eigenvalue weighted by Crippen LogP contribution is 2.51. The molecule has 0 spiro atoms. The van der Waals surface area contributed by atoms with Gasteiger partial charge in [0, 0.05) is 39.2 Å². The van der Waals surface area contributed by atoms with E-state index in [1.54, 1.807) is 0 Å². The maximum absolute atomic E-state index is 2.47. The Balaban J connectivity index is 1.13. The van der Waals surface area contributed by atoms with Crippen molar-refractivity contribution in [2.24, 2.45) is 0 Å². The molecule has 0 fully saturated rings. The van der Waals surface area contributed by atoms with Crippen molar-refractivity contribution in [2.75, 3.05) is 9.80 Å². The molecule has 0 saturated heterocycles. The second kappa shape index (κ2) is 14.9. The molecule has 0 heterocycles. The van der Waals surface area contributed by atoms with Crippen molar-refractivity contribution >= 4 is 55.7 Å². The molecule has 0 unspecified atom stereocenters. The third-order valence-corrected chi connectivity index (χ3v) is 12.6. The summed E-state index contributed by atoms with van der Waals surface area (Å²) < 4.78 is 0. The van der Waals surface area contributed by atoms with Crippen molar-refractivity contribution in [2.45, 2.75) is 19.3 Å². The van der Waals surface area contributed by atoms with Crippen LogP contribution >= 0.6 is 0 Å². The SMILES string of the molecule is CC1(C)c2ccccc2-c2cc3ccc4c(N(c5cccc(-c6ccccc6-c6ccccc6)c5)c5cccc(N(c6ccccc6)c6ccccc6)c5)cccc4c3cc21. The zero-order valence-electron chi connectivity index (χ0n) is 34.3. The molecule has 0 aliphatic heterocycles. The Labute approximate surface area is 358 Å². The third kappa shape index (κ3) is 6.27. The van der Waals surface area contributed by atoms with Gasteiger partial charge in [0.05, 0.1) is 5.69 Å². The van der Waals surface area contributed by atoms with E-state index in [0.29, 0.717) is 0 Å². The molecule has 61 heavy (non-hydrogen) atoms. The Bertz CT molecular complexity index is 3180. The third-order valence-electron chi connectivity index (χ3n) is 12.6. The maximum Gasteiger partial charge on any atom is 0.0540 e. The van der Waals surface area contributed by atoms with Crippen molar-refractivity contribution in [3.05, 3.63) is 242 Å². The molecule has 10 aromatic carbocycles. The Morgan fingerprint density at radius 1 is 0.295 bits per heavy atom. The standard InChI is InChI=1S/C59H44N2/c1-59(2)56-33-15-14-31-52(56)55-38-43-35-36-53-51(54(43)40-57(55)59)32-18-34-58(53)61(46-26-16-21-42(37-46)50-30-13-12-29-49(50)41-19-6-3-7-20-41)48-28-17-27-47(39-48)60(44-22-8-4-9-23-44)45-24-10-5-11-25-45/h3-40H,1-2H3. The van der Waals surface area contributed by atoms with Crippen LogP contribution in [0.4, 0.5) is 34.1 Å². The number of para-hydroxylation sites is 2. The van der Waals surface area contributed by atoms with Crippen molar-refractivity contribution in [1.82, 2.24) is 0 Å². The molecule has 0 amide bonds. The van der Waals surface area contributed by atoms with Gasteiger partial charge in [-0.2, -0.15) is 0 Å². The molecule has 0 radical (unpaired) electrons. The van der Waals surface area contributed by atoms with Crippen LogP contribution in [0.3, 0.4) is 0 Å². The van der Waals surface area contributed by atoms with Crippen LogP contribution < -0.4 is 9.80 Å². The van der Waals surface area contributed by atoms with Crippen LogP contribution in [0.2, 0.25) is 0 Å². The van der Waals surface area contributed by atoms with Gasteiger partial charge in [0.15, 0.2) is 0 Å². The molecule has 1 aliphatic rings. The normalized spacial score (nSPS) is 12.6. The van der Waals surface area contributed by atoms with E-state index in [1.807, 2.05) is 0 Å². The van der Waals surface area contributed by atoms with E-state index in [9.17, 15) is 0 Å². The van der Waals surface area contributed by atoms with E-state index in [2.05, 4.69) is 254 Å². The van der Waals surface area contributed by atoms with Gasteiger partial charge in [0.1, 0.15) is 0 Å². The van der Waals surface area contributed by atoms with Gasteiger partial charge in [-0.05, 0) is 133 Å². The minimum atomic E-state index is -0.0910. The Kier molecular flexibility index (Phi) is 8.86. The van der Waals surface area contributed by atoms with Gasteiger partial charge in [0.2, 0.25) is 0 Å². The maximum atomic E-state index is 2.47. The first kappa shape index (κ1) is 36.4. The zero-order valence-corrected chi connectivity index (χ0v) is 34.3. The highest BCUT2D eigenvalue weighted by atomic mass is 15.2. The summed E-state index contributed by atoms with van der Waals surface area (Å²) in [5, 5.41) is 4.97. The second-order valence-corrected chi connectivity index (χ2v) is 16.6. The van der Waals surface area contributed by atoms with Gasteiger partial charge >= 0.3 is 0 Å². The molecular weight excluding hydrogens is 737 g/mol. The van der Waals surface area contributed by atoms with Crippen LogP contribution in [0.1, 0.15) is 25.0 Å². The van der Waals surface area contributed by atoms with E-state index in [4.69, 9.17) is 0 Å². The molecular formula is C59H44N2. The Hall–Kier alpha value is -7.68. The molecule has 0 aromatic heterocycles. The smallest absolute Gasteiger partial charge is 0.0540 e. The Morgan fingerprint density at radius 2 is 0.820 bits per heavy atom. The van der Waals surface area contributed by atoms with Gasteiger partial charge in [-0.25, -0.2) is 0 Å². The lowest BCUT2D eigenvalue weighted by Gasteiger charge is -2.30. The number of hydrogen-bond donors (Lipinski definition) is 0. The molecule has 2 heteroatoms. The van der Waals surface area contributed by atoms with Crippen LogP contribution in [-0.2, 0) is 5.41 Å². The number of benzene rings is 10. The van der Waals surface area contributed by atoms with Crippen molar-refractivity contribution in [1.29, 1.82) is 0 Å². The van der Waals surface area contributed by atoms with E-state index in [-0.39, 0.29) is 5.41 Å². The lowest BCUT2D eigenvalue weighted by atomic mass is 9.81. The van der Waals surface area contributed by atoms with E-state index in [1.165, 1.54) is 60.5 Å². The van der Waals surface area contributed by atoms with Crippen LogP contribution in [0.25, 0.3) is 54.9 Å². The van der Waals surface area contributed by atoms with Crippen LogP contribution in [0, 0.1) is 0 Å². The summed E-state index contributed by atoms with van der Waals surface area (Å²) in [4.78, 5) is 4.79. The second-order valence-electron chi connectivity index (χ2n) is 16.6. The van der Waals surface area contributed by atoms with Crippen LogP contribution in [0.5, 0.6) is 0 Å². The van der Waals surface area contributed by atoms with Crippen molar-refractivity contribution < 1.29 is 0 Å².